The van der Waals surface area contributed by atoms with Crippen LogP contribution in [-0.4, -0.2) is 55.5 Å². The fourth-order valence-electron chi connectivity index (χ4n) is 3.36. The third-order valence-corrected chi connectivity index (χ3v) is 5.64. The van der Waals surface area contributed by atoms with E-state index >= 15 is 0 Å². The summed E-state index contributed by atoms with van der Waals surface area (Å²) in [6.07, 6.45) is 0.317. The van der Waals surface area contributed by atoms with E-state index in [0.717, 1.165) is 29.4 Å². The van der Waals surface area contributed by atoms with Crippen LogP contribution in [0.4, 0.5) is 5.69 Å². The third-order valence-electron chi connectivity index (χ3n) is 4.76. The number of carbonyl (C=O) groups excluding carboxylic acids is 2. The lowest BCUT2D eigenvalue weighted by Crippen LogP contribution is -2.54. The van der Waals surface area contributed by atoms with Gasteiger partial charge in [0.05, 0.1) is 18.7 Å². The smallest absolute Gasteiger partial charge is 0.244 e. The van der Waals surface area contributed by atoms with E-state index in [1.807, 2.05) is 47.5 Å². The van der Waals surface area contributed by atoms with Crippen molar-refractivity contribution in [3.05, 3.63) is 46.7 Å². The Kier molecular flexibility index (Phi) is 6.92. The Hall–Kier alpha value is -2.54. The average molecular weight is 402 g/mol. The maximum absolute atomic E-state index is 12.7. The van der Waals surface area contributed by atoms with E-state index < -0.39 is 6.04 Å². The standard InChI is InChI=1S/C21H27N3O3S/c1-3-27-19-9-5-4-8-18(19)23-10-12-24(13-11-23)21(26)16(2)22-20(25)15-17-7-6-14-28-17/h4-9,14,16H,3,10-13,15H2,1-2H3,(H,22,25). The molecular weight excluding hydrogens is 374 g/mol. The summed E-state index contributed by atoms with van der Waals surface area (Å²) in [7, 11) is 0. The number of piperazine rings is 1. The second-order valence-electron chi connectivity index (χ2n) is 6.76. The summed E-state index contributed by atoms with van der Waals surface area (Å²) in [6, 6.07) is 11.3. The zero-order valence-electron chi connectivity index (χ0n) is 16.4. The first-order valence-electron chi connectivity index (χ1n) is 9.65. The lowest BCUT2D eigenvalue weighted by Gasteiger charge is -2.37. The number of carbonyl (C=O) groups is 2. The Morgan fingerprint density at radius 3 is 2.57 bits per heavy atom. The minimum atomic E-state index is -0.519. The molecule has 1 saturated heterocycles. The highest BCUT2D eigenvalue weighted by molar-refractivity contribution is 7.10. The summed E-state index contributed by atoms with van der Waals surface area (Å²) in [6.45, 7) is 7.09. The molecule has 2 aromatic rings. The van der Waals surface area contributed by atoms with Gasteiger partial charge in [-0.2, -0.15) is 0 Å². The number of ether oxygens (including phenoxy) is 1. The van der Waals surface area contributed by atoms with Gasteiger partial charge >= 0.3 is 0 Å². The van der Waals surface area contributed by atoms with Crippen molar-refractivity contribution in [3.8, 4) is 5.75 Å². The van der Waals surface area contributed by atoms with Crippen molar-refractivity contribution in [1.29, 1.82) is 0 Å². The Labute approximate surface area is 170 Å². The molecule has 1 N–H and O–H groups in total. The van der Waals surface area contributed by atoms with E-state index in [2.05, 4.69) is 16.3 Å². The summed E-state index contributed by atoms with van der Waals surface area (Å²) in [4.78, 5) is 29.9. The van der Waals surface area contributed by atoms with Gasteiger partial charge < -0.3 is 19.9 Å². The summed E-state index contributed by atoms with van der Waals surface area (Å²) >= 11 is 1.55. The van der Waals surface area contributed by atoms with Crippen LogP contribution in [-0.2, 0) is 16.0 Å². The van der Waals surface area contributed by atoms with Gasteiger partial charge in [-0.1, -0.05) is 18.2 Å². The highest BCUT2D eigenvalue weighted by atomic mass is 32.1. The topological polar surface area (TPSA) is 61.9 Å². The van der Waals surface area contributed by atoms with E-state index in [1.54, 1.807) is 18.3 Å². The number of anilines is 1. The predicted molar refractivity (Wildman–Crippen MR) is 112 cm³/mol. The number of thiophene rings is 1. The monoisotopic (exact) mass is 401 g/mol. The molecule has 1 fully saturated rings. The van der Waals surface area contributed by atoms with Gasteiger partial charge in [0.25, 0.3) is 0 Å². The largest absolute Gasteiger partial charge is 0.492 e. The van der Waals surface area contributed by atoms with Gasteiger partial charge in [0.15, 0.2) is 0 Å². The lowest BCUT2D eigenvalue weighted by atomic mass is 10.2. The minimum absolute atomic E-state index is 0.0303. The summed E-state index contributed by atoms with van der Waals surface area (Å²) in [5.74, 6) is 0.726. The maximum atomic E-state index is 12.7. The van der Waals surface area contributed by atoms with Crippen molar-refractivity contribution in [2.24, 2.45) is 0 Å². The van der Waals surface area contributed by atoms with E-state index in [1.165, 1.54) is 0 Å². The van der Waals surface area contributed by atoms with Crippen LogP contribution in [0.5, 0.6) is 5.75 Å². The summed E-state index contributed by atoms with van der Waals surface area (Å²) < 4.78 is 5.72. The molecule has 6 nitrogen and oxygen atoms in total. The fraction of sp³-hybridized carbons (Fsp3) is 0.429. The highest BCUT2D eigenvalue weighted by Gasteiger charge is 2.26. The maximum Gasteiger partial charge on any atom is 0.244 e. The van der Waals surface area contributed by atoms with Gasteiger partial charge in [0.1, 0.15) is 11.8 Å². The molecule has 1 aromatic carbocycles. The number of amides is 2. The lowest BCUT2D eigenvalue weighted by molar-refractivity contribution is -0.136. The number of nitrogens with one attached hydrogen (secondary N) is 1. The SMILES string of the molecule is CCOc1ccccc1N1CCN(C(=O)C(C)NC(=O)Cc2cccs2)CC1. The Morgan fingerprint density at radius 2 is 1.89 bits per heavy atom. The molecule has 1 atom stereocenters. The van der Waals surface area contributed by atoms with Crippen LogP contribution >= 0.6 is 11.3 Å². The molecule has 0 saturated carbocycles. The Balaban J connectivity index is 1.51. The predicted octanol–water partition coefficient (Wildman–Crippen LogP) is 2.54. The van der Waals surface area contributed by atoms with Gasteiger partial charge in [-0.05, 0) is 37.4 Å². The molecule has 1 unspecified atom stereocenters. The second-order valence-corrected chi connectivity index (χ2v) is 7.79. The van der Waals surface area contributed by atoms with Gasteiger partial charge in [-0.25, -0.2) is 0 Å². The van der Waals surface area contributed by atoms with E-state index in [0.29, 0.717) is 26.1 Å². The quantitative estimate of drug-likeness (QED) is 0.775. The molecule has 2 heterocycles. The van der Waals surface area contributed by atoms with Crippen molar-refractivity contribution >= 4 is 28.8 Å². The van der Waals surface area contributed by atoms with Crippen LogP contribution in [0.1, 0.15) is 18.7 Å². The van der Waals surface area contributed by atoms with Crippen LogP contribution in [0.2, 0.25) is 0 Å². The number of benzene rings is 1. The normalized spacial score (nSPS) is 15.2. The van der Waals surface area contributed by atoms with Crippen molar-refractivity contribution in [3.63, 3.8) is 0 Å². The molecule has 0 aliphatic carbocycles. The van der Waals surface area contributed by atoms with Gasteiger partial charge in [0, 0.05) is 31.1 Å². The van der Waals surface area contributed by atoms with Crippen LogP contribution in [0, 0.1) is 0 Å². The summed E-state index contributed by atoms with van der Waals surface area (Å²) in [5.41, 5.74) is 1.06. The average Bonchev–Trinajstić information content (AvgIpc) is 3.21. The number of para-hydroxylation sites is 2. The van der Waals surface area contributed by atoms with Crippen LogP contribution < -0.4 is 15.0 Å². The van der Waals surface area contributed by atoms with Gasteiger partial charge in [0.2, 0.25) is 11.8 Å². The molecule has 3 rings (SSSR count). The number of hydrogen-bond donors (Lipinski definition) is 1. The molecule has 1 aliphatic heterocycles. The molecular formula is C21H27N3O3S. The van der Waals surface area contributed by atoms with Crippen molar-refractivity contribution in [1.82, 2.24) is 10.2 Å². The molecule has 1 aromatic heterocycles. The first kappa shape index (κ1) is 20.2. The van der Waals surface area contributed by atoms with Gasteiger partial charge in [-0.3, -0.25) is 9.59 Å². The van der Waals surface area contributed by atoms with Crippen molar-refractivity contribution < 1.29 is 14.3 Å². The zero-order valence-corrected chi connectivity index (χ0v) is 17.2. The third kappa shape index (κ3) is 5.04. The van der Waals surface area contributed by atoms with E-state index in [9.17, 15) is 9.59 Å². The molecule has 0 spiro atoms. The molecule has 7 heteroatoms. The Bertz CT molecular complexity index is 786. The molecule has 2 amide bonds. The number of nitrogens with zero attached hydrogens (tertiary/aromatic N) is 2. The van der Waals surface area contributed by atoms with E-state index in [4.69, 9.17) is 4.74 Å². The fourth-order valence-corrected chi connectivity index (χ4v) is 4.07. The van der Waals surface area contributed by atoms with Crippen molar-refractivity contribution in [2.75, 3.05) is 37.7 Å². The first-order valence-corrected chi connectivity index (χ1v) is 10.5. The molecule has 1 aliphatic rings. The number of rotatable bonds is 7. The summed E-state index contributed by atoms with van der Waals surface area (Å²) in [5, 5.41) is 4.77. The molecule has 150 valence electrons. The molecule has 28 heavy (non-hydrogen) atoms. The zero-order chi connectivity index (χ0) is 19.9. The molecule has 0 bridgehead atoms. The minimum Gasteiger partial charge on any atom is -0.492 e. The van der Waals surface area contributed by atoms with Crippen LogP contribution in [0.3, 0.4) is 0 Å². The van der Waals surface area contributed by atoms with Gasteiger partial charge in [-0.15, -0.1) is 11.3 Å². The van der Waals surface area contributed by atoms with Crippen LogP contribution in [0.15, 0.2) is 41.8 Å². The molecule has 0 radical (unpaired) electrons. The second kappa shape index (κ2) is 9.59. The van der Waals surface area contributed by atoms with E-state index in [-0.39, 0.29) is 11.8 Å². The Morgan fingerprint density at radius 1 is 1.14 bits per heavy atom. The van der Waals surface area contributed by atoms with Crippen molar-refractivity contribution in [2.45, 2.75) is 26.3 Å². The highest BCUT2D eigenvalue weighted by Crippen LogP contribution is 2.28. The first-order chi connectivity index (χ1) is 13.6. The van der Waals surface area contributed by atoms with Crippen LogP contribution in [0.25, 0.3) is 0 Å². The number of hydrogen-bond acceptors (Lipinski definition) is 5.